The lowest BCUT2D eigenvalue weighted by Gasteiger charge is -2.18. The van der Waals surface area contributed by atoms with Gasteiger partial charge in [-0.3, -0.25) is 4.79 Å². The van der Waals surface area contributed by atoms with Gasteiger partial charge in [-0.1, -0.05) is 32.4 Å². The molecule has 6 heteroatoms. The number of hydrogen-bond acceptors (Lipinski definition) is 4. The molecule has 0 bridgehead atoms. The van der Waals surface area contributed by atoms with Crippen molar-refractivity contribution < 1.29 is 4.79 Å². The Balaban J connectivity index is 2.69. The second kappa shape index (κ2) is 6.19. The van der Waals surface area contributed by atoms with Gasteiger partial charge in [0.25, 0.3) is 0 Å². The van der Waals surface area contributed by atoms with Crippen molar-refractivity contribution in [2.75, 3.05) is 26.0 Å². The fourth-order valence-electron chi connectivity index (χ4n) is 1.36. The summed E-state index contributed by atoms with van der Waals surface area (Å²) in [5, 5.41) is 3.50. The van der Waals surface area contributed by atoms with E-state index in [1.165, 1.54) is 0 Å². The number of nitrogens with one attached hydrogen (secondary N) is 1. The number of carbonyl (C=O) groups is 1. The minimum Gasteiger partial charge on any atom is -0.369 e. The van der Waals surface area contributed by atoms with Crippen molar-refractivity contribution in [2.45, 2.75) is 32.6 Å². The van der Waals surface area contributed by atoms with Crippen LogP contribution in [-0.4, -0.2) is 41.4 Å². The Morgan fingerprint density at radius 2 is 2.00 bits per heavy atom. The van der Waals surface area contributed by atoms with E-state index >= 15 is 0 Å². The van der Waals surface area contributed by atoms with Gasteiger partial charge in [0.15, 0.2) is 0 Å². The van der Waals surface area contributed by atoms with Crippen LogP contribution in [0.3, 0.4) is 0 Å². The minimum absolute atomic E-state index is 0.0729. The van der Waals surface area contributed by atoms with Gasteiger partial charge in [-0.2, -0.15) is 0 Å². The standard InChI is InChI=1S/C13H21ClN4O/c1-13(2,3)12-16-9(14)8-10(17-12)15-7-6-11(19)18(4)5/h8H,6-7H2,1-5H3,(H,15,16,17). The molecule has 1 rings (SSSR count). The normalized spacial score (nSPS) is 11.3. The van der Waals surface area contributed by atoms with Crippen LogP contribution in [0.5, 0.6) is 0 Å². The van der Waals surface area contributed by atoms with E-state index in [0.717, 1.165) is 0 Å². The van der Waals surface area contributed by atoms with Gasteiger partial charge >= 0.3 is 0 Å². The van der Waals surface area contributed by atoms with Crippen LogP contribution in [-0.2, 0) is 10.2 Å². The number of amides is 1. The highest BCUT2D eigenvalue weighted by Crippen LogP contribution is 2.22. The second-order valence-electron chi connectivity index (χ2n) is 5.61. The Morgan fingerprint density at radius 3 is 2.53 bits per heavy atom. The lowest BCUT2D eigenvalue weighted by molar-refractivity contribution is -0.128. The molecule has 0 radical (unpaired) electrons. The lowest BCUT2D eigenvalue weighted by Crippen LogP contribution is -2.24. The molecule has 0 aliphatic rings. The molecule has 1 aromatic rings. The number of halogens is 1. The maximum Gasteiger partial charge on any atom is 0.223 e. The molecule has 0 aliphatic heterocycles. The second-order valence-corrected chi connectivity index (χ2v) is 6.00. The van der Waals surface area contributed by atoms with Crippen molar-refractivity contribution in [3.8, 4) is 0 Å². The third kappa shape index (κ3) is 5.03. The number of hydrogen-bond donors (Lipinski definition) is 1. The molecule has 5 nitrogen and oxygen atoms in total. The topological polar surface area (TPSA) is 58.1 Å². The maximum absolute atomic E-state index is 11.5. The smallest absolute Gasteiger partial charge is 0.223 e. The average Bonchev–Trinajstić information content (AvgIpc) is 2.26. The Labute approximate surface area is 119 Å². The third-order valence-corrected chi connectivity index (χ3v) is 2.70. The molecule has 0 saturated heterocycles. The Bertz CT molecular complexity index is 454. The van der Waals surface area contributed by atoms with Gasteiger partial charge in [-0.05, 0) is 0 Å². The summed E-state index contributed by atoms with van der Waals surface area (Å²) < 4.78 is 0. The zero-order chi connectivity index (χ0) is 14.6. The highest BCUT2D eigenvalue weighted by molar-refractivity contribution is 6.29. The highest BCUT2D eigenvalue weighted by Gasteiger charge is 2.18. The highest BCUT2D eigenvalue weighted by atomic mass is 35.5. The molecule has 0 aromatic carbocycles. The summed E-state index contributed by atoms with van der Waals surface area (Å²) in [5.41, 5.74) is -0.166. The van der Waals surface area contributed by atoms with Gasteiger partial charge in [-0.25, -0.2) is 9.97 Å². The summed E-state index contributed by atoms with van der Waals surface area (Å²) in [6, 6.07) is 1.66. The molecular formula is C13H21ClN4O. The zero-order valence-corrected chi connectivity index (χ0v) is 12.9. The number of nitrogens with zero attached hydrogens (tertiary/aromatic N) is 3. The quantitative estimate of drug-likeness (QED) is 0.862. The van der Waals surface area contributed by atoms with Gasteiger partial charge in [0.2, 0.25) is 5.91 Å². The van der Waals surface area contributed by atoms with E-state index in [4.69, 9.17) is 11.6 Å². The molecule has 0 unspecified atom stereocenters. The first-order valence-electron chi connectivity index (χ1n) is 6.19. The van der Waals surface area contributed by atoms with Gasteiger partial charge in [0, 0.05) is 38.5 Å². The van der Waals surface area contributed by atoms with Crippen molar-refractivity contribution >= 4 is 23.3 Å². The van der Waals surface area contributed by atoms with Gasteiger partial charge in [0.1, 0.15) is 16.8 Å². The van der Waals surface area contributed by atoms with Crippen LogP contribution in [0.25, 0.3) is 0 Å². The van der Waals surface area contributed by atoms with Gasteiger partial charge in [0.05, 0.1) is 0 Å². The van der Waals surface area contributed by atoms with Crippen LogP contribution in [0.15, 0.2) is 6.07 Å². The number of rotatable bonds is 4. The molecule has 0 saturated carbocycles. The van der Waals surface area contributed by atoms with E-state index in [1.54, 1.807) is 25.1 Å². The van der Waals surface area contributed by atoms with E-state index in [9.17, 15) is 4.79 Å². The van der Waals surface area contributed by atoms with Crippen LogP contribution in [0.4, 0.5) is 5.82 Å². The number of carbonyl (C=O) groups excluding carboxylic acids is 1. The third-order valence-electron chi connectivity index (χ3n) is 2.51. The number of anilines is 1. The minimum atomic E-state index is -0.166. The van der Waals surface area contributed by atoms with Crippen LogP contribution in [0, 0.1) is 0 Å². The molecule has 1 heterocycles. The lowest BCUT2D eigenvalue weighted by atomic mass is 9.96. The first-order chi connectivity index (χ1) is 8.70. The molecular weight excluding hydrogens is 264 g/mol. The number of aromatic nitrogens is 2. The summed E-state index contributed by atoms with van der Waals surface area (Å²) in [6.45, 7) is 6.60. The summed E-state index contributed by atoms with van der Waals surface area (Å²) in [6.07, 6.45) is 0.416. The van der Waals surface area contributed by atoms with Crippen LogP contribution >= 0.6 is 11.6 Å². The maximum atomic E-state index is 11.5. The molecule has 1 N–H and O–H groups in total. The van der Waals surface area contributed by atoms with E-state index < -0.39 is 0 Å². The predicted molar refractivity (Wildman–Crippen MR) is 77.5 cm³/mol. The van der Waals surface area contributed by atoms with E-state index in [2.05, 4.69) is 15.3 Å². The van der Waals surface area contributed by atoms with E-state index in [-0.39, 0.29) is 11.3 Å². The molecule has 0 spiro atoms. The molecule has 1 aromatic heterocycles. The van der Waals surface area contributed by atoms with E-state index in [1.807, 2.05) is 20.8 Å². The summed E-state index contributed by atoms with van der Waals surface area (Å²) in [4.78, 5) is 21.6. The molecule has 106 valence electrons. The fraction of sp³-hybridized carbons (Fsp3) is 0.615. The van der Waals surface area contributed by atoms with Gasteiger partial charge in [-0.15, -0.1) is 0 Å². The molecule has 0 fully saturated rings. The Morgan fingerprint density at radius 1 is 1.37 bits per heavy atom. The predicted octanol–water partition coefficient (Wildman–Crippen LogP) is 2.32. The molecule has 0 aliphatic carbocycles. The van der Waals surface area contributed by atoms with Crippen LogP contribution < -0.4 is 5.32 Å². The molecule has 19 heavy (non-hydrogen) atoms. The van der Waals surface area contributed by atoms with Crippen molar-refractivity contribution in [3.63, 3.8) is 0 Å². The van der Waals surface area contributed by atoms with Crippen molar-refractivity contribution in [2.24, 2.45) is 0 Å². The van der Waals surface area contributed by atoms with E-state index in [0.29, 0.717) is 29.8 Å². The molecule has 1 amide bonds. The Hall–Kier alpha value is -1.36. The van der Waals surface area contributed by atoms with Crippen molar-refractivity contribution in [1.82, 2.24) is 14.9 Å². The first-order valence-corrected chi connectivity index (χ1v) is 6.57. The first kappa shape index (κ1) is 15.7. The summed E-state index contributed by atoms with van der Waals surface area (Å²) in [7, 11) is 3.48. The monoisotopic (exact) mass is 284 g/mol. The van der Waals surface area contributed by atoms with Gasteiger partial charge < -0.3 is 10.2 Å². The van der Waals surface area contributed by atoms with Crippen molar-refractivity contribution in [1.29, 1.82) is 0 Å². The largest absolute Gasteiger partial charge is 0.369 e. The molecule has 0 atom stereocenters. The zero-order valence-electron chi connectivity index (χ0n) is 12.1. The van der Waals surface area contributed by atoms with Crippen molar-refractivity contribution in [3.05, 3.63) is 17.0 Å². The summed E-state index contributed by atoms with van der Waals surface area (Å²) in [5.74, 6) is 1.40. The average molecular weight is 285 g/mol. The fourth-order valence-corrected chi connectivity index (χ4v) is 1.55. The SMILES string of the molecule is CN(C)C(=O)CCNc1cc(Cl)nc(C(C)(C)C)n1. The van der Waals surface area contributed by atoms with Crippen LogP contribution in [0.2, 0.25) is 5.15 Å². The van der Waals surface area contributed by atoms with Crippen LogP contribution in [0.1, 0.15) is 33.0 Å². The Kier molecular flexibility index (Phi) is 5.11. The summed E-state index contributed by atoms with van der Waals surface area (Å²) >= 11 is 5.98.